The first-order valence-corrected chi connectivity index (χ1v) is 20.2. The van der Waals surface area contributed by atoms with E-state index in [0.717, 1.165) is 18.2 Å². The Morgan fingerprint density at radius 1 is 1.07 bits per heavy atom. The van der Waals surface area contributed by atoms with Crippen molar-refractivity contribution in [2.75, 3.05) is 32.6 Å². The summed E-state index contributed by atoms with van der Waals surface area (Å²) in [5, 5.41) is 6.52. The van der Waals surface area contributed by atoms with Gasteiger partial charge in [0.05, 0.1) is 18.9 Å². The van der Waals surface area contributed by atoms with Crippen LogP contribution in [0.1, 0.15) is 78.6 Å². The number of aromatic nitrogens is 1. The lowest BCUT2D eigenvalue weighted by atomic mass is 10.0. The van der Waals surface area contributed by atoms with E-state index >= 15 is 0 Å². The maximum Gasteiger partial charge on any atom is 0.408 e. The number of hydrogen-bond donors (Lipinski definition) is 3. The smallest absolute Gasteiger partial charge is 0.408 e. The Bertz CT molecular complexity index is 1930. The van der Waals surface area contributed by atoms with Crippen LogP contribution in [0.15, 0.2) is 36.4 Å². The molecule has 0 spiro atoms. The fourth-order valence-corrected chi connectivity index (χ4v) is 8.46. The Morgan fingerprint density at radius 2 is 1.83 bits per heavy atom. The molecule has 0 bridgehead atoms. The number of amides is 4. The molecule has 3 fully saturated rings. The molecule has 2 aliphatic heterocycles. The zero-order chi connectivity index (χ0) is 39.0. The second kappa shape index (κ2) is 15.3. The Hall–Kier alpha value is -4.60. The number of alkyl carbamates (subject to hydrolysis) is 1. The van der Waals surface area contributed by atoms with E-state index in [2.05, 4.69) is 15.4 Å². The van der Waals surface area contributed by atoms with Crippen LogP contribution < -0.4 is 29.7 Å². The standard InChI is InChI=1S/C38H52N6O9S/c1-37(2,3)53-36(48)39-29-13-11-9-7-8-10-12-24-21-38(24,35(47)42-54(49,50)27-15-16-27)41-32(45)30-20-26(22-44(30)34(29)46)52-33-28-17-14-25(51-6)18-23(28)19-31(40-33)43(4)5/h10,12,14,17-19,24,26-27,29-30H,7-9,11,13,15-16,20-22H2,1-6H3,(H,39,48)(H,41,45)(H,42,47)/t24?,26?,29-,30-,38+/m0/s1. The number of carbonyl (C=O) groups is 4. The third-order valence-corrected chi connectivity index (χ3v) is 12.1. The second-order valence-corrected chi connectivity index (χ2v) is 17.9. The van der Waals surface area contributed by atoms with Crippen LogP contribution in [0.5, 0.6) is 11.6 Å². The number of nitrogens with one attached hydrogen (secondary N) is 3. The molecule has 5 atom stereocenters. The summed E-state index contributed by atoms with van der Waals surface area (Å²) >= 11 is 0. The lowest BCUT2D eigenvalue weighted by Gasteiger charge is -2.30. The van der Waals surface area contributed by atoms with E-state index in [-0.39, 0.29) is 19.4 Å². The van der Waals surface area contributed by atoms with Crippen molar-refractivity contribution in [2.24, 2.45) is 5.92 Å². The van der Waals surface area contributed by atoms with Crippen LogP contribution >= 0.6 is 0 Å². The van der Waals surface area contributed by atoms with Crippen molar-refractivity contribution >= 4 is 50.4 Å². The van der Waals surface area contributed by atoms with Gasteiger partial charge in [0, 0.05) is 31.8 Å². The third kappa shape index (κ3) is 8.85. The summed E-state index contributed by atoms with van der Waals surface area (Å²) in [5.41, 5.74) is -2.31. The second-order valence-electron chi connectivity index (χ2n) is 16.0. The van der Waals surface area contributed by atoms with E-state index in [9.17, 15) is 27.6 Å². The fourth-order valence-electron chi connectivity index (χ4n) is 7.09. The molecule has 6 rings (SSSR count). The number of carbonyl (C=O) groups excluding carboxylic acids is 4. The van der Waals surface area contributed by atoms with Crippen molar-refractivity contribution in [1.82, 2.24) is 25.2 Å². The lowest BCUT2D eigenvalue weighted by molar-refractivity contribution is -0.141. The van der Waals surface area contributed by atoms with Crippen LogP contribution in [-0.2, 0) is 29.1 Å². The average Bonchev–Trinajstić information content (AvgIpc) is 4.02. The van der Waals surface area contributed by atoms with Gasteiger partial charge in [-0.2, -0.15) is 4.98 Å². The molecular formula is C38H52N6O9S. The highest BCUT2D eigenvalue weighted by atomic mass is 32.2. The number of benzene rings is 1. The number of nitrogens with zero attached hydrogens (tertiary/aromatic N) is 3. The molecule has 294 valence electrons. The summed E-state index contributed by atoms with van der Waals surface area (Å²) in [5.74, 6) is -0.764. The van der Waals surface area contributed by atoms with Gasteiger partial charge in [-0.15, -0.1) is 0 Å². The minimum Gasteiger partial charge on any atom is -0.497 e. The van der Waals surface area contributed by atoms with Gasteiger partial charge in [-0.3, -0.25) is 19.1 Å². The first-order valence-electron chi connectivity index (χ1n) is 18.7. The van der Waals surface area contributed by atoms with E-state index in [4.69, 9.17) is 19.2 Å². The van der Waals surface area contributed by atoms with Gasteiger partial charge in [0.25, 0.3) is 5.91 Å². The molecule has 1 aromatic carbocycles. The maximum atomic E-state index is 14.5. The fraction of sp³-hybridized carbons (Fsp3) is 0.605. The zero-order valence-electron chi connectivity index (χ0n) is 31.8. The normalized spacial score (nSPS) is 26.4. The van der Waals surface area contributed by atoms with Gasteiger partial charge in [-0.25, -0.2) is 13.2 Å². The molecule has 1 aromatic heterocycles. The van der Waals surface area contributed by atoms with Crippen molar-refractivity contribution in [3.63, 3.8) is 0 Å². The molecule has 3 N–H and O–H groups in total. The van der Waals surface area contributed by atoms with E-state index in [1.54, 1.807) is 33.9 Å². The quantitative estimate of drug-likeness (QED) is 0.334. The van der Waals surface area contributed by atoms with Crippen molar-refractivity contribution in [3.05, 3.63) is 36.4 Å². The zero-order valence-corrected chi connectivity index (χ0v) is 32.7. The van der Waals surface area contributed by atoms with Gasteiger partial charge >= 0.3 is 6.09 Å². The minimum atomic E-state index is -3.89. The van der Waals surface area contributed by atoms with Crippen LogP contribution in [-0.4, -0.2) is 104 Å². The van der Waals surface area contributed by atoms with Crippen LogP contribution in [0.3, 0.4) is 0 Å². The molecule has 16 heteroatoms. The summed E-state index contributed by atoms with van der Waals surface area (Å²) in [4.78, 5) is 63.7. The van der Waals surface area contributed by atoms with Gasteiger partial charge in [0.1, 0.15) is 40.9 Å². The Labute approximate surface area is 316 Å². The van der Waals surface area contributed by atoms with Gasteiger partial charge in [0.2, 0.25) is 27.7 Å². The van der Waals surface area contributed by atoms with E-state index in [1.807, 2.05) is 49.3 Å². The largest absolute Gasteiger partial charge is 0.497 e. The number of sulfonamides is 1. The van der Waals surface area contributed by atoms with Crippen LogP contribution in [0, 0.1) is 5.92 Å². The molecule has 3 heterocycles. The molecule has 2 saturated carbocycles. The molecule has 2 aromatic rings. The summed E-state index contributed by atoms with van der Waals surface area (Å²) in [6.07, 6.45) is 6.72. The Morgan fingerprint density at radius 3 is 2.52 bits per heavy atom. The molecule has 0 radical (unpaired) electrons. The molecule has 2 unspecified atom stereocenters. The van der Waals surface area contributed by atoms with Crippen molar-refractivity contribution in [3.8, 4) is 11.6 Å². The minimum absolute atomic E-state index is 0.0203. The number of allylic oxidation sites excluding steroid dienone is 1. The summed E-state index contributed by atoms with van der Waals surface area (Å²) in [7, 11) is 1.40. The Kier molecular flexibility index (Phi) is 11.1. The van der Waals surface area contributed by atoms with Gasteiger partial charge in [-0.1, -0.05) is 25.0 Å². The molecule has 4 aliphatic rings. The average molecular weight is 769 g/mol. The predicted molar refractivity (Wildman–Crippen MR) is 202 cm³/mol. The van der Waals surface area contributed by atoms with E-state index in [0.29, 0.717) is 54.9 Å². The van der Waals surface area contributed by atoms with Crippen LogP contribution in [0.2, 0.25) is 0 Å². The van der Waals surface area contributed by atoms with Crippen molar-refractivity contribution in [2.45, 2.75) is 113 Å². The third-order valence-electron chi connectivity index (χ3n) is 10.3. The van der Waals surface area contributed by atoms with Crippen LogP contribution in [0.4, 0.5) is 10.6 Å². The monoisotopic (exact) mass is 768 g/mol. The number of ether oxygens (including phenoxy) is 3. The summed E-state index contributed by atoms with van der Waals surface area (Å²) in [6, 6.07) is 5.28. The number of methoxy groups -OCH3 is 1. The first kappa shape index (κ1) is 39.1. The van der Waals surface area contributed by atoms with E-state index < -0.39 is 74.3 Å². The van der Waals surface area contributed by atoms with E-state index in [1.165, 1.54) is 4.90 Å². The number of hydrogen-bond acceptors (Lipinski definition) is 11. The van der Waals surface area contributed by atoms with Gasteiger partial charge in [0.15, 0.2) is 0 Å². The number of anilines is 1. The highest BCUT2D eigenvalue weighted by Crippen LogP contribution is 2.46. The van der Waals surface area contributed by atoms with Crippen LogP contribution in [0.25, 0.3) is 10.8 Å². The number of rotatable bonds is 8. The molecule has 1 saturated heterocycles. The van der Waals surface area contributed by atoms with Gasteiger partial charge < -0.3 is 34.6 Å². The highest BCUT2D eigenvalue weighted by molar-refractivity contribution is 7.91. The first-order chi connectivity index (χ1) is 25.5. The van der Waals surface area contributed by atoms with Crippen molar-refractivity contribution < 1.29 is 41.8 Å². The number of fused-ring (bicyclic) bond motifs is 3. The highest BCUT2D eigenvalue weighted by Gasteiger charge is 2.62. The van der Waals surface area contributed by atoms with Gasteiger partial charge in [-0.05, 0) is 88.9 Å². The molecule has 4 amide bonds. The molecule has 15 nitrogen and oxygen atoms in total. The summed E-state index contributed by atoms with van der Waals surface area (Å²) in [6.45, 7) is 5.17. The Balaban J connectivity index is 1.34. The molecule has 2 aliphatic carbocycles. The SMILES string of the molecule is COc1ccc2c(OC3C[C@H]4C(=O)N[C@]5(C(=O)NS(=O)(=O)C6CC6)CC5C=CCCCCC[C@H](NC(=O)OC(C)(C)C)C(=O)N4C3)nc(N(C)C)cc2c1. The predicted octanol–water partition coefficient (Wildman–Crippen LogP) is 3.55. The lowest BCUT2D eigenvalue weighted by Crippen LogP contribution is -2.58. The number of pyridine rings is 1. The molecular weight excluding hydrogens is 717 g/mol. The summed E-state index contributed by atoms with van der Waals surface area (Å²) < 4.78 is 45.4. The maximum absolute atomic E-state index is 14.5. The van der Waals surface area contributed by atoms with Crippen molar-refractivity contribution in [1.29, 1.82) is 0 Å². The molecule has 54 heavy (non-hydrogen) atoms. The topological polar surface area (TPSA) is 186 Å².